The molecule has 0 heterocycles. The zero-order chi connectivity index (χ0) is 18.7. The molecule has 1 rings (SSSR count). The minimum absolute atomic E-state index is 0.0909. The third-order valence-electron chi connectivity index (χ3n) is 5.79. The van der Waals surface area contributed by atoms with Crippen LogP contribution in [0.4, 0.5) is 0 Å². The number of hydrogen-bond acceptors (Lipinski definition) is 4. The first-order valence-corrected chi connectivity index (χ1v) is 10.7. The fourth-order valence-corrected chi connectivity index (χ4v) is 3.97. The Balaban J connectivity index is 2.43. The van der Waals surface area contributed by atoms with E-state index in [2.05, 4.69) is 32.7 Å². The van der Waals surface area contributed by atoms with Crippen LogP contribution in [0.5, 0.6) is 0 Å². The number of ether oxygens (including phenoxy) is 1. The molecule has 0 aromatic heterocycles. The molecular formula is C21H43NO3. The summed E-state index contributed by atoms with van der Waals surface area (Å²) in [6.07, 6.45) is 11.3. The second-order valence-corrected chi connectivity index (χ2v) is 7.97. The van der Waals surface area contributed by atoms with E-state index in [9.17, 15) is 10.2 Å². The van der Waals surface area contributed by atoms with Crippen LogP contribution in [-0.2, 0) is 4.74 Å². The Labute approximate surface area is 155 Å². The largest absolute Gasteiger partial charge is 0.391 e. The summed E-state index contributed by atoms with van der Waals surface area (Å²) in [5.74, 6) is 0. The summed E-state index contributed by atoms with van der Waals surface area (Å²) in [6, 6.07) is 0.310. The Morgan fingerprint density at radius 2 is 1.52 bits per heavy atom. The Bertz CT molecular complexity index is 326. The summed E-state index contributed by atoms with van der Waals surface area (Å²) in [4.78, 5) is 2.24. The molecule has 1 fully saturated rings. The first-order chi connectivity index (χ1) is 12.0. The Morgan fingerprint density at radius 3 is 2.16 bits per heavy atom. The minimum atomic E-state index is -0.551. The number of rotatable bonds is 14. The van der Waals surface area contributed by atoms with E-state index in [1.807, 2.05) is 0 Å². The lowest BCUT2D eigenvalue weighted by molar-refractivity contribution is -0.0661. The van der Waals surface area contributed by atoms with E-state index in [4.69, 9.17) is 4.74 Å². The summed E-state index contributed by atoms with van der Waals surface area (Å²) in [7, 11) is 2.08. The quantitative estimate of drug-likeness (QED) is 0.459. The Hall–Kier alpha value is -0.160. The second kappa shape index (κ2) is 13.1. The fourth-order valence-electron chi connectivity index (χ4n) is 3.97. The van der Waals surface area contributed by atoms with Gasteiger partial charge >= 0.3 is 0 Å². The van der Waals surface area contributed by atoms with E-state index in [-0.39, 0.29) is 12.1 Å². The van der Waals surface area contributed by atoms with Crippen molar-refractivity contribution in [3.63, 3.8) is 0 Å². The Morgan fingerprint density at radius 1 is 0.920 bits per heavy atom. The van der Waals surface area contributed by atoms with Gasteiger partial charge in [0.15, 0.2) is 0 Å². The molecule has 0 saturated heterocycles. The van der Waals surface area contributed by atoms with Crippen molar-refractivity contribution >= 4 is 0 Å². The molecule has 0 aromatic carbocycles. The van der Waals surface area contributed by atoms with Crippen molar-refractivity contribution < 1.29 is 14.9 Å². The van der Waals surface area contributed by atoms with Crippen molar-refractivity contribution in [1.29, 1.82) is 0 Å². The molecule has 1 aliphatic carbocycles. The van der Waals surface area contributed by atoms with Gasteiger partial charge in [-0.1, -0.05) is 65.2 Å². The molecule has 25 heavy (non-hydrogen) atoms. The molecule has 0 bridgehead atoms. The third-order valence-corrected chi connectivity index (χ3v) is 5.79. The number of unbranched alkanes of at least 4 members (excludes halogenated alkanes) is 7. The van der Waals surface area contributed by atoms with E-state index in [1.54, 1.807) is 0 Å². The van der Waals surface area contributed by atoms with Crippen molar-refractivity contribution in [3.05, 3.63) is 0 Å². The first kappa shape index (κ1) is 22.9. The van der Waals surface area contributed by atoms with Gasteiger partial charge in [-0.15, -0.1) is 0 Å². The summed E-state index contributed by atoms with van der Waals surface area (Å²) < 4.78 is 6.04. The molecular weight excluding hydrogens is 314 g/mol. The molecule has 0 aliphatic heterocycles. The molecule has 4 heteroatoms. The van der Waals surface area contributed by atoms with Gasteiger partial charge in [-0.2, -0.15) is 0 Å². The van der Waals surface area contributed by atoms with Crippen molar-refractivity contribution in [3.8, 4) is 0 Å². The molecule has 150 valence electrons. The maximum Gasteiger partial charge on any atom is 0.101 e. The average molecular weight is 358 g/mol. The normalized spacial score (nSPS) is 28.0. The molecule has 1 aliphatic rings. The second-order valence-electron chi connectivity index (χ2n) is 7.97. The smallest absolute Gasteiger partial charge is 0.101 e. The zero-order valence-electron chi connectivity index (χ0n) is 17.1. The highest BCUT2D eigenvalue weighted by Gasteiger charge is 2.45. The summed E-state index contributed by atoms with van der Waals surface area (Å²) in [6.45, 7) is 7.37. The van der Waals surface area contributed by atoms with Gasteiger partial charge in [-0.25, -0.2) is 0 Å². The standard InChI is InChI=1S/C21H43NO3/c1-5-7-9-11-13-15-25-21-19(24)16-18(23)20(21)22(4)17(3)14-12-10-8-6-2/h17-21,23-24H,5-16H2,1-4H3. The number of likely N-dealkylation sites (N-methyl/N-ethyl adjacent to an activating group) is 1. The fraction of sp³-hybridized carbons (Fsp3) is 1.00. The summed E-state index contributed by atoms with van der Waals surface area (Å²) in [5.41, 5.74) is 0. The molecule has 0 radical (unpaired) electrons. The summed E-state index contributed by atoms with van der Waals surface area (Å²) >= 11 is 0. The zero-order valence-corrected chi connectivity index (χ0v) is 17.1. The first-order valence-electron chi connectivity index (χ1n) is 10.7. The van der Waals surface area contributed by atoms with Crippen molar-refractivity contribution in [2.45, 2.75) is 122 Å². The molecule has 0 amide bonds. The van der Waals surface area contributed by atoms with Crippen LogP contribution < -0.4 is 0 Å². The number of aliphatic hydroxyl groups excluding tert-OH is 2. The molecule has 4 nitrogen and oxygen atoms in total. The maximum atomic E-state index is 10.4. The van der Waals surface area contributed by atoms with Gasteiger partial charge in [0.1, 0.15) is 6.10 Å². The number of aliphatic hydroxyl groups is 2. The topological polar surface area (TPSA) is 52.9 Å². The molecule has 0 aromatic rings. The van der Waals surface area contributed by atoms with E-state index in [0.29, 0.717) is 19.1 Å². The van der Waals surface area contributed by atoms with Crippen molar-refractivity contribution in [1.82, 2.24) is 4.90 Å². The van der Waals surface area contributed by atoms with Crippen molar-refractivity contribution in [2.75, 3.05) is 13.7 Å². The van der Waals surface area contributed by atoms with Crippen LogP contribution in [0.1, 0.15) is 91.4 Å². The summed E-state index contributed by atoms with van der Waals surface area (Å²) in [5, 5.41) is 20.8. The van der Waals surface area contributed by atoms with Crippen LogP contribution in [-0.4, -0.2) is 59.2 Å². The van der Waals surface area contributed by atoms with E-state index >= 15 is 0 Å². The van der Waals surface area contributed by atoms with Crippen LogP contribution in [0.3, 0.4) is 0 Å². The highest BCUT2D eigenvalue weighted by molar-refractivity contribution is 4.99. The third kappa shape index (κ3) is 7.94. The highest BCUT2D eigenvalue weighted by Crippen LogP contribution is 2.29. The van der Waals surface area contributed by atoms with Crippen LogP contribution in [0.25, 0.3) is 0 Å². The minimum Gasteiger partial charge on any atom is -0.391 e. The molecule has 5 atom stereocenters. The van der Waals surface area contributed by atoms with Crippen molar-refractivity contribution in [2.24, 2.45) is 0 Å². The number of hydrogen-bond donors (Lipinski definition) is 2. The van der Waals surface area contributed by atoms with Gasteiger partial charge < -0.3 is 14.9 Å². The lowest BCUT2D eigenvalue weighted by Gasteiger charge is -2.36. The van der Waals surface area contributed by atoms with Gasteiger partial charge in [0.05, 0.1) is 18.2 Å². The highest BCUT2D eigenvalue weighted by atomic mass is 16.5. The monoisotopic (exact) mass is 357 g/mol. The van der Waals surface area contributed by atoms with Crippen LogP contribution in [0.2, 0.25) is 0 Å². The van der Waals surface area contributed by atoms with Crippen LogP contribution >= 0.6 is 0 Å². The molecule has 5 unspecified atom stereocenters. The van der Waals surface area contributed by atoms with Gasteiger partial charge in [0, 0.05) is 19.1 Å². The predicted molar refractivity (Wildman–Crippen MR) is 105 cm³/mol. The van der Waals surface area contributed by atoms with E-state index < -0.39 is 12.2 Å². The molecule has 2 N–H and O–H groups in total. The van der Waals surface area contributed by atoms with E-state index in [1.165, 1.54) is 51.4 Å². The van der Waals surface area contributed by atoms with Gasteiger partial charge in [-0.05, 0) is 26.8 Å². The average Bonchev–Trinajstić information content (AvgIpc) is 2.87. The maximum absolute atomic E-state index is 10.4. The lowest BCUT2D eigenvalue weighted by atomic mass is 10.0. The molecule has 1 saturated carbocycles. The number of nitrogens with zero attached hydrogens (tertiary/aromatic N) is 1. The van der Waals surface area contributed by atoms with Crippen LogP contribution in [0.15, 0.2) is 0 Å². The van der Waals surface area contributed by atoms with E-state index in [0.717, 1.165) is 12.8 Å². The lowest BCUT2D eigenvalue weighted by Crippen LogP contribution is -2.50. The molecule has 0 spiro atoms. The van der Waals surface area contributed by atoms with Crippen LogP contribution in [0, 0.1) is 0 Å². The van der Waals surface area contributed by atoms with Gasteiger partial charge in [0.25, 0.3) is 0 Å². The SMILES string of the molecule is CCCCCCCOC1C(O)CC(O)C1N(C)C(C)CCCCCC. The Kier molecular flexibility index (Phi) is 12.0. The van der Waals surface area contributed by atoms with Gasteiger partial charge in [-0.3, -0.25) is 4.90 Å². The predicted octanol–water partition coefficient (Wildman–Crippen LogP) is 4.13. The van der Waals surface area contributed by atoms with Gasteiger partial charge in [0.2, 0.25) is 0 Å².